The topological polar surface area (TPSA) is 15.3 Å². The molecule has 2 fully saturated rings. The van der Waals surface area contributed by atoms with Gasteiger partial charge in [-0.05, 0) is 37.0 Å². The standard InChI is InChI=1S/C14H18BrFN2/c15-14-7-11(16)2-1-10(14)8-18-6-5-12-3-4-13(9-18)17-12/h1-2,7,12-13,17H,3-6,8-9H2. The van der Waals surface area contributed by atoms with Crippen molar-refractivity contribution in [3.63, 3.8) is 0 Å². The van der Waals surface area contributed by atoms with Crippen LogP contribution >= 0.6 is 15.9 Å². The molecule has 2 heterocycles. The summed E-state index contributed by atoms with van der Waals surface area (Å²) in [5, 5.41) is 3.68. The van der Waals surface area contributed by atoms with Gasteiger partial charge in [-0.25, -0.2) is 4.39 Å². The van der Waals surface area contributed by atoms with E-state index in [4.69, 9.17) is 0 Å². The van der Waals surface area contributed by atoms with Crippen molar-refractivity contribution in [3.05, 3.63) is 34.1 Å². The Morgan fingerprint density at radius 3 is 2.94 bits per heavy atom. The van der Waals surface area contributed by atoms with Crippen molar-refractivity contribution in [2.75, 3.05) is 13.1 Å². The number of hydrogen-bond donors (Lipinski definition) is 1. The van der Waals surface area contributed by atoms with Gasteiger partial charge in [0.2, 0.25) is 0 Å². The van der Waals surface area contributed by atoms with Gasteiger partial charge in [0, 0.05) is 36.2 Å². The van der Waals surface area contributed by atoms with Gasteiger partial charge in [-0.1, -0.05) is 22.0 Å². The summed E-state index contributed by atoms with van der Waals surface area (Å²) in [6, 6.07) is 6.35. The quantitative estimate of drug-likeness (QED) is 0.903. The number of halogens is 2. The molecule has 2 bridgehead atoms. The van der Waals surface area contributed by atoms with Gasteiger partial charge in [0.05, 0.1) is 0 Å². The average Bonchev–Trinajstić information content (AvgIpc) is 2.66. The fourth-order valence-electron chi connectivity index (χ4n) is 3.05. The lowest BCUT2D eigenvalue weighted by atomic mass is 10.1. The summed E-state index contributed by atoms with van der Waals surface area (Å²) in [7, 11) is 0. The van der Waals surface area contributed by atoms with E-state index in [9.17, 15) is 4.39 Å². The van der Waals surface area contributed by atoms with E-state index < -0.39 is 0 Å². The lowest BCUT2D eigenvalue weighted by molar-refractivity contribution is 0.250. The molecule has 0 radical (unpaired) electrons. The van der Waals surface area contributed by atoms with E-state index in [1.807, 2.05) is 6.07 Å². The minimum absolute atomic E-state index is 0.179. The maximum Gasteiger partial charge on any atom is 0.124 e. The molecule has 2 unspecified atom stereocenters. The highest BCUT2D eigenvalue weighted by atomic mass is 79.9. The van der Waals surface area contributed by atoms with Crippen molar-refractivity contribution in [3.8, 4) is 0 Å². The van der Waals surface area contributed by atoms with Gasteiger partial charge in [0.15, 0.2) is 0 Å². The maximum absolute atomic E-state index is 13.1. The number of nitrogens with one attached hydrogen (secondary N) is 1. The summed E-state index contributed by atoms with van der Waals surface area (Å²) in [5.74, 6) is -0.179. The van der Waals surface area contributed by atoms with Crippen LogP contribution in [0.3, 0.4) is 0 Å². The number of benzene rings is 1. The molecule has 3 rings (SSSR count). The van der Waals surface area contributed by atoms with Gasteiger partial charge in [0.25, 0.3) is 0 Å². The van der Waals surface area contributed by atoms with Crippen LogP contribution in [0.2, 0.25) is 0 Å². The van der Waals surface area contributed by atoms with Gasteiger partial charge in [0.1, 0.15) is 5.82 Å². The largest absolute Gasteiger partial charge is 0.310 e. The molecule has 2 aliphatic heterocycles. The van der Waals surface area contributed by atoms with Crippen LogP contribution in [0.25, 0.3) is 0 Å². The number of rotatable bonds is 2. The highest BCUT2D eigenvalue weighted by Crippen LogP contribution is 2.24. The van der Waals surface area contributed by atoms with E-state index in [0.717, 1.165) is 30.1 Å². The van der Waals surface area contributed by atoms with E-state index in [1.165, 1.54) is 24.8 Å². The van der Waals surface area contributed by atoms with Crippen LogP contribution in [0.4, 0.5) is 4.39 Å². The minimum Gasteiger partial charge on any atom is -0.310 e. The summed E-state index contributed by atoms with van der Waals surface area (Å²) in [5.41, 5.74) is 1.18. The molecule has 4 heteroatoms. The summed E-state index contributed by atoms with van der Waals surface area (Å²) in [6.07, 6.45) is 3.86. The summed E-state index contributed by atoms with van der Waals surface area (Å²) in [6.45, 7) is 3.16. The molecule has 18 heavy (non-hydrogen) atoms. The number of nitrogens with zero attached hydrogens (tertiary/aromatic N) is 1. The lowest BCUT2D eigenvalue weighted by Crippen LogP contribution is -2.35. The molecule has 1 N–H and O–H groups in total. The van der Waals surface area contributed by atoms with Gasteiger partial charge < -0.3 is 5.32 Å². The molecule has 2 nitrogen and oxygen atoms in total. The molecule has 1 aromatic carbocycles. The molecular weight excluding hydrogens is 295 g/mol. The monoisotopic (exact) mass is 312 g/mol. The molecule has 0 saturated carbocycles. The third kappa shape index (κ3) is 2.76. The fourth-order valence-corrected chi connectivity index (χ4v) is 3.53. The predicted octanol–water partition coefficient (Wildman–Crippen LogP) is 2.91. The van der Waals surface area contributed by atoms with Crippen molar-refractivity contribution in [2.24, 2.45) is 0 Å². The molecule has 2 saturated heterocycles. The molecular formula is C14H18BrFN2. The Morgan fingerprint density at radius 1 is 1.28 bits per heavy atom. The molecule has 98 valence electrons. The summed E-state index contributed by atoms with van der Waals surface area (Å²) < 4.78 is 13.9. The van der Waals surface area contributed by atoms with Gasteiger partial charge in [-0.3, -0.25) is 4.90 Å². The first kappa shape index (κ1) is 12.6. The normalized spacial score (nSPS) is 28.3. The Balaban J connectivity index is 1.68. The second-order valence-electron chi connectivity index (χ2n) is 5.40. The third-order valence-electron chi connectivity index (χ3n) is 4.02. The first-order valence-electron chi connectivity index (χ1n) is 6.63. The van der Waals surface area contributed by atoms with E-state index >= 15 is 0 Å². The zero-order valence-electron chi connectivity index (χ0n) is 10.3. The Kier molecular flexibility index (Phi) is 3.68. The van der Waals surface area contributed by atoms with Crippen LogP contribution in [-0.2, 0) is 6.54 Å². The van der Waals surface area contributed by atoms with E-state index in [0.29, 0.717) is 6.04 Å². The smallest absolute Gasteiger partial charge is 0.124 e. The first-order chi connectivity index (χ1) is 8.70. The van der Waals surface area contributed by atoms with E-state index in [2.05, 4.69) is 26.1 Å². The average molecular weight is 313 g/mol. The SMILES string of the molecule is Fc1ccc(CN2CCC3CCC(C2)N3)c(Br)c1. The third-order valence-corrected chi connectivity index (χ3v) is 4.75. The van der Waals surface area contributed by atoms with Crippen LogP contribution in [0.5, 0.6) is 0 Å². The highest BCUT2D eigenvalue weighted by Gasteiger charge is 2.29. The molecule has 1 aromatic rings. The second-order valence-corrected chi connectivity index (χ2v) is 6.25. The van der Waals surface area contributed by atoms with Crippen LogP contribution in [0.1, 0.15) is 24.8 Å². The van der Waals surface area contributed by atoms with Crippen LogP contribution in [0, 0.1) is 5.82 Å². The Bertz CT molecular complexity index is 438. The zero-order chi connectivity index (χ0) is 12.5. The summed E-state index contributed by atoms with van der Waals surface area (Å²) >= 11 is 3.45. The lowest BCUT2D eigenvalue weighted by Gasteiger charge is -2.24. The summed E-state index contributed by atoms with van der Waals surface area (Å²) in [4.78, 5) is 2.48. The van der Waals surface area contributed by atoms with Crippen molar-refractivity contribution in [2.45, 2.75) is 37.9 Å². The number of fused-ring (bicyclic) bond motifs is 2. The Hall–Kier alpha value is -0.450. The van der Waals surface area contributed by atoms with Crippen molar-refractivity contribution < 1.29 is 4.39 Å². The zero-order valence-corrected chi connectivity index (χ0v) is 11.9. The van der Waals surface area contributed by atoms with Crippen LogP contribution in [-0.4, -0.2) is 30.1 Å². The predicted molar refractivity (Wildman–Crippen MR) is 73.9 cm³/mol. The molecule has 0 amide bonds. The van der Waals surface area contributed by atoms with Crippen molar-refractivity contribution in [1.82, 2.24) is 10.2 Å². The van der Waals surface area contributed by atoms with Crippen molar-refractivity contribution >= 4 is 15.9 Å². The molecule has 0 aliphatic carbocycles. The molecule has 0 aromatic heterocycles. The highest BCUT2D eigenvalue weighted by molar-refractivity contribution is 9.10. The van der Waals surface area contributed by atoms with Gasteiger partial charge in [-0.15, -0.1) is 0 Å². The maximum atomic E-state index is 13.1. The van der Waals surface area contributed by atoms with Crippen LogP contribution < -0.4 is 5.32 Å². The van der Waals surface area contributed by atoms with E-state index in [-0.39, 0.29) is 5.82 Å². The fraction of sp³-hybridized carbons (Fsp3) is 0.571. The number of likely N-dealkylation sites (tertiary alicyclic amines) is 1. The first-order valence-corrected chi connectivity index (χ1v) is 7.42. The van der Waals surface area contributed by atoms with Gasteiger partial charge >= 0.3 is 0 Å². The number of hydrogen-bond acceptors (Lipinski definition) is 2. The minimum atomic E-state index is -0.179. The Morgan fingerprint density at radius 2 is 2.11 bits per heavy atom. The van der Waals surface area contributed by atoms with Gasteiger partial charge in [-0.2, -0.15) is 0 Å². The molecule has 2 atom stereocenters. The van der Waals surface area contributed by atoms with Crippen LogP contribution in [0.15, 0.2) is 22.7 Å². The molecule has 0 spiro atoms. The molecule has 2 aliphatic rings. The van der Waals surface area contributed by atoms with E-state index in [1.54, 1.807) is 12.1 Å². The second kappa shape index (κ2) is 5.27. The Labute approximate surface area is 116 Å². The van der Waals surface area contributed by atoms with Crippen molar-refractivity contribution in [1.29, 1.82) is 0 Å².